The molecule has 1 aromatic carbocycles. The van der Waals surface area contributed by atoms with Crippen LogP contribution in [0.5, 0.6) is 0 Å². The van der Waals surface area contributed by atoms with Crippen LogP contribution in [0.2, 0.25) is 0 Å². The molecule has 2 aromatic rings. The molecule has 0 aliphatic heterocycles. The van der Waals surface area contributed by atoms with Crippen molar-refractivity contribution in [1.29, 1.82) is 0 Å². The van der Waals surface area contributed by atoms with Crippen LogP contribution < -0.4 is 0 Å². The Labute approximate surface area is 91.1 Å². The van der Waals surface area contributed by atoms with Gasteiger partial charge in [-0.05, 0) is 13.0 Å². The first-order valence-corrected chi connectivity index (χ1v) is 5.22. The number of aliphatic imine (C=N–C) groups is 1. The summed E-state index contributed by atoms with van der Waals surface area (Å²) in [4.78, 5) is 19.1. The van der Waals surface area contributed by atoms with Crippen LogP contribution in [0, 0.1) is 6.92 Å². The van der Waals surface area contributed by atoms with Crippen molar-refractivity contribution in [3.05, 3.63) is 35.5 Å². The lowest BCUT2D eigenvalue weighted by Gasteiger charge is -1.99. The van der Waals surface area contributed by atoms with Crippen molar-refractivity contribution in [2.45, 2.75) is 6.92 Å². The quantitative estimate of drug-likeness (QED) is 0.571. The molecule has 1 aromatic heterocycles. The van der Waals surface area contributed by atoms with E-state index in [4.69, 9.17) is 0 Å². The lowest BCUT2D eigenvalue weighted by atomic mass is 10.1. The van der Waals surface area contributed by atoms with Crippen molar-refractivity contribution in [1.82, 2.24) is 4.98 Å². The number of para-hydroxylation sites is 1. The van der Waals surface area contributed by atoms with Crippen molar-refractivity contribution in [2.24, 2.45) is 4.99 Å². The number of nitrogens with zero attached hydrogens (tertiary/aromatic N) is 2. The molecule has 0 unspecified atom stereocenters. The molecule has 0 aliphatic rings. The molecule has 0 spiro atoms. The van der Waals surface area contributed by atoms with E-state index in [2.05, 4.69) is 9.98 Å². The van der Waals surface area contributed by atoms with Crippen LogP contribution in [0.15, 0.2) is 35.5 Å². The molecule has 0 atom stereocenters. The number of aryl methyl sites for hydroxylation is 1. The molecule has 4 heteroatoms. The standard InChI is InChI=1S/C11H8N2OS/c1-8-12-6-11(15-8)9-4-2-3-5-10(9)13-7-14/h2-6H,1H3. The van der Waals surface area contributed by atoms with Crippen molar-refractivity contribution in [2.75, 3.05) is 0 Å². The summed E-state index contributed by atoms with van der Waals surface area (Å²) >= 11 is 1.58. The van der Waals surface area contributed by atoms with Gasteiger partial charge in [0, 0.05) is 11.8 Å². The minimum Gasteiger partial charge on any atom is -0.249 e. The third kappa shape index (κ3) is 2.01. The minimum atomic E-state index is 0.635. The van der Waals surface area contributed by atoms with E-state index < -0.39 is 0 Å². The van der Waals surface area contributed by atoms with E-state index in [1.54, 1.807) is 29.7 Å². The number of rotatable bonds is 2. The second-order valence-corrected chi connectivity index (χ2v) is 4.20. The average Bonchev–Trinajstić information content (AvgIpc) is 2.66. The fraction of sp³-hybridized carbons (Fsp3) is 0.0909. The second kappa shape index (κ2) is 4.17. The normalized spacial score (nSPS) is 9.67. The molecule has 0 fully saturated rings. The molecule has 0 saturated heterocycles. The van der Waals surface area contributed by atoms with Gasteiger partial charge in [0.15, 0.2) is 0 Å². The molecule has 3 nitrogen and oxygen atoms in total. The van der Waals surface area contributed by atoms with Crippen LogP contribution in [-0.2, 0) is 4.79 Å². The summed E-state index contributed by atoms with van der Waals surface area (Å²) in [6, 6.07) is 7.46. The molecule has 15 heavy (non-hydrogen) atoms. The fourth-order valence-corrected chi connectivity index (χ4v) is 2.13. The topological polar surface area (TPSA) is 42.3 Å². The summed E-state index contributed by atoms with van der Waals surface area (Å²) in [5, 5.41) is 0.995. The molecule has 0 aliphatic carbocycles. The van der Waals surface area contributed by atoms with Gasteiger partial charge in [0.25, 0.3) is 0 Å². The maximum Gasteiger partial charge on any atom is 0.240 e. The maximum atomic E-state index is 10.3. The molecule has 74 valence electrons. The Kier molecular flexibility index (Phi) is 2.72. The van der Waals surface area contributed by atoms with Crippen molar-refractivity contribution in [3.8, 4) is 10.4 Å². The molecule has 0 N–H and O–H groups in total. The fourth-order valence-electron chi connectivity index (χ4n) is 1.31. The van der Waals surface area contributed by atoms with Gasteiger partial charge in [-0.3, -0.25) is 0 Å². The molecule has 2 rings (SSSR count). The second-order valence-electron chi connectivity index (χ2n) is 2.96. The maximum absolute atomic E-state index is 10.3. The number of thiazole rings is 1. The predicted molar refractivity (Wildman–Crippen MR) is 60.1 cm³/mol. The van der Waals surface area contributed by atoms with Gasteiger partial charge in [-0.15, -0.1) is 11.3 Å². The summed E-state index contributed by atoms with van der Waals surface area (Å²) in [5.74, 6) is 0. The molecule has 0 amide bonds. The average molecular weight is 216 g/mol. The summed E-state index contributed by atoms with van der Waals surface area (Å²) in [6.07, 6.45) is 3.35. The number of hydrogen-bond donors (Lipinski definition) is 0. The van der Waals surface area contributed by atoms with Crippen LogP contribution in [-0.4, -0.2) is 11.1 Å². The number of carbonyl (C=O) groups excluding carboxylic acids is 1. The van der Waals surface area contributed by atoms with Crippen LogP contribution in [0.4, 0.5) is 5.69 Å². The Hall–Kier alpha value is -1.77. The highest BCUT2D eigenvalue weighted by Gasteiger charge is 2.06. The first-order chi connectivity index (χ1) is 7.31. The highest BCUT2D eigenvalue weighted by atomic mass is 32.1. The Bertz CT molecular complexity index is 527. The van der Waals surface area contributed by atoms with Gasteiger partial charge >= 0.3 is 0 Å². The SMILES string of the molecule is Cc1ncc(-c2ccccc2N=C=O)s1. The number of isocyanates is 1. The Morgan fingerprint density at radius 2 is 2.20 bits per heavy atom. The summed E-state index contributed by atoms with van der Waals surface area (Å²) < 4.78 is 0. The third-order valence-corrected chi connectivity index (χ3v) is 2.90. The summed E-state index contributed by atoms with van der Waals surface area (Å²) in [6.45, 7) is 1.94. The van der Waals surface area contributed by atoms with Crippen molar-refractivity contribution < 1.29 is 4.79 Å². The van der Waals surface area contributed by atoms with E-state index in [0.717, 1.165) is 15.4 Å². The Balaban J connectivity index is 2.56. The van der Waals surface area contributed by atoms with E-state index in [0.29, 0.717) is 5.69 Å². The molecular weight excluding hydrogens is 208 g/mol. The van der Waals surface area contributed by atoms with Crippen molar-refractivity contribution >= 4 is 23.1 Å². The van der Waals surface area contributed by atoms with E-state index in [1.165, 1.54) is 0 Å². The first kappa shape index (κ1) is 9.77. The molecule has 0 bridgehead atoms. The number of aromatic nitrogens is 1. The van der Waals surface area contributed by atoms with Gasteiger partial charge in [0.05, 0.1) is 15.6 Å². The highest BCUT2D eigenvalue weighted by Crippen LogP contribution is 2.33. The zero-order valence-electron chi connectivity index (χ0n) is 8.10. The van der Waals surface area contributed by atoms with E-state index in [1.807, 2.05) is 25.1 Å². The Morgan fingerprint density at radius 3 is 2.87 bits per heavy atom. The third-order valence-electron chi connectivity index (χ3n) is 1.96. The van der Waals surface area contributed by atoms with Crippen LogP contribution in [0.1, 0.15) is 5.01 Å². The highest BCUT2D eigenvalue weighted by molar-refractivity contribution is 7.15. The summed E-state index contributed by atoms with van der Waals surface area (Å²) in [7, 11) is 0. The van der Waals surface area contributed by atoms with E-state index in [9.17, 15) is 4.79 Å². The number of benzene rings is 1. The van der Waals surface area contributed by atoms with Crippen molar-refractivity contribution in [3.63, 3.8) is 0 Å². The smallest absolute Gasteiger partial charge is 0.240 e. The molecule has 0 saturated carbocycles. The van der Waals surface area contributed by atoms with E-state index >= 15 is 0 Å². The van der Waals surface area contributed by atoms with Gasteiger partial charge in [-0.25, -0.2) is 9.78 Å². The zero-order valence-corrected chi connectivity index (χ0v) is 8.91. The lowest BCUT2D eigenvalue weighted by molar-refractivity contribution is 0.565. The van der Waals surface area contributed by atoms with Gasteiger partial charge in [-0.1, -0.05) is 18.2 Å². The lowest BCUT2D eigenvalue weighted by Crippen LogP contribution is -1.73. The van der Waals surface area contributed by atoms with Gasteiger partial charge in [-0.2, -0.15) is 4.99 Å². The van der Waals surface area contributed by atoms with Gasteiger partial charge < -0.3 is 0 Å². The Morgan fingerprint density at radius 1 is 1.40 bits per heavy atom. The largest absolute Gasteiger partial charge is 0.249 e. The minimum absolute atomic E-state index is 0.635. The monoisotopic (exact) mass is 216 g/mol. The van der Waals surface area contributed by atoms with E-state index in [-0.39, 0.29) is 0 Å². The predicted octanol–water partition coefficient (Wildman–Crippen LogP) is 3.09. The number of hydrogen-bond acceptors (Lipinski definition) is 4. The molecular formula is C11H8N2OS. The first-order valence-electron chi connectivity index (χ1n) is 4.41. The molecule has 0 radical (unpaired) electrons. The summed E-state index contributed by atoms with van der Waals surface area (Å²) in [5.41, 5.74) is 1.56. The van der Waals surface area contributed by atoms with Crippen LogP contribution in [0.3, 0.4) is 0 Å². The van der Waals surface area contributed by atoms with Gasteiger partial charge in [0.2, 0.25) is 6.08 Å². The zero-order chi connectivity index (χ0) is 10.7. The van der Waals surface area contributed by atoms with Crippen LogP contribution >= 0.6 is 11.3 Å². The van der Waals surface area contributed by atoms with Crippen LogP contribution in [0.25, 0.3) is 10.4 Å². The van der Waals surface area contributed by atoms with Gasteiger partial charge in [0.1, 0.15) is 0 Å². The molecule has 1 heterocycles.